The molecule has 0 bridgehead atoms. The first-order valence-corrected chi connectivity index (χ1v) is 9.19. The number of primary amides is 1. The van der Waals surface area contributed by atoms with E-state index in [4.69, 9.17) is 5.73 Å². The summed E-state index contributed by atoms with van der Waals surface area (Å²) in [6, 6.07) is 4.80. The molecule has 0 spiro atoms. The second kappa shape index (κ2) is 9.54. The minimum absolute atomic E-state index is 0.0506. The fraction of sp³-hybridized carbons (Fsp3) is 0.150. The zero-order valence-electron chi connectivity index (χ0n) is 16.6. The second-order valence-electron chi connectivity index (χ2n) is 6.66. The van der Waals surface area contributed by atoms with Gasteiger partial charge in [-0.15, -0.1) is 0 Å². The lowest BCUT2D eigenvalue weighted by Crippen LogP contribution is -2.33. The number of pyridine rings is 1. The molecule has 0 atom stereocenters. The molecule has 0 aliphatic rings. The maximum absolute atomic E-state index is 13.9. The predicted molar refractivity (Wildman–Crippen MR) is 105 cm³/mol. The SMILES string of the molecule is NC(=O)CNC(=O)c1cc(NCc2ccc(F)cc2F)nc(-c2cncc(C(F)(F)F)c2)n1. The molecule has 0 aliphatic carbocycles. The number of nitrogens with zero attached hydrogens (tertiary/aromatic N) is 3. The minimum Gasteiger partial charge on any atom is -0.368 e. The number of carbonyl (C=O) groups excluding carboxylic acids is 2. The predicted octanol–water partition coefficient (Wildman–Crippen LogP) is 2.66. The van der Waals surface area contributed by atoms with E-state index in [0.717, 1.165) is 24.4 Å². The van der Waals surface area contributed by atoms with Crippen LogP contribution < -0.4 is 16.4 Å². The van der Waals surface area contributed by atoms with Crippen molar-refractivity contribution in [3.8, 4) is 11.4 Å². The van der Waals surface area contributed by atoms with E-state index in [2.05, 4.69) is 25.6 Å². The molecule has 2 amide bonds. The van der Waals surface area contributed by atoms with E-state index in [-0.39, 0.29) is 35.0 Å². The van der Waals surface area contributed by atoms with Gasteiger partial charge in [0.25, 0.3) is 5.91 Å². The molecule has 8 nitrogen and oxygen atoms in total. The Balaban J connectivity index is 1.97. The van der Waals surface area contributed by atoms with Crippen LogP contribution in [0.25, 0.3) is 11.4 Å². The van der Waals surface area contributed by atoms with Crippen molar-refractivity contribution in [3.05, 3.63) is 71.2 Å². The van der Waals surface area contributed by atoms with Gasteiger partial charge in [0.05, 0.1) is 12.1 Å². The largest absolute Gasteiger partial charge is 0.417 e. The van der Waals surface area contributed by atoms with E-state index in [1.54, 1.807) is 0 Å². The lowest BCUT2D eigenvalue weighted by atomic mass is 10.2. The van der Waals surface area contributed by atoms with Crippen molar-refractivity contribution in [2.24, 2.45) is 5.73 Å². The van der Waals surface area contributed by atoms with Gasteiger partial charge in [-0.1, -0.05) is 6.07 Å². The van der Waals surface area contributed by atoms with Gasteiger partial charge in [0, 0.05) is 42.2 Å². The molecular formula is C20H15F5N6O2. The Morgan fingerprint density at radius 3 is 2.45 bits per heavy atom. The molecule has 0 saturated carbocycles. The third-order valence-electron chi connectivity index (χ3n) is 4.18. The molecule has 172 valence electrons. The first-order chi connectivity index (χ1) is 15.5. The van der Waals surface area contributed by atoms with Crippen LogP contribution in [-0.4, -0.2) is 33.3 Å². The van der Waals surface area contributed by atoms with Crippen LogP contribution in [-0.2, 0) is 17.5 Å². The summed E-state index contributed by atoms with van der Waals surface area (Å²) in [4.78, 5) is 34.8. The van der Waals surface area contributed by atoms with Crippen molar-refractivity contribution in [3.63, 3.8) is 0 Å². The van der Waals surface area contributed by atoms with Crippen LogP contribution in [0.2, 0.25) is 0 Å². The maximum Gasteiger partial charge on any atom is 0.417 e. The van der Waals surface area contributed by atoms with Crippen LogP contribution in [0, 0.1) is 11.6 Å². The molecule has 0 radical (unpaired) electrons. The first kappa shape index (κ1) is 23.5. The summed E-state index contributed by atoms with van der Waals surface area (Å²) in [6.07, 6.45) is -3.00. The molecule has 2 aromatic heterocycles. The van der Waals surface area contributed by atoms with Gasteiger partial charge in [0.2, 0.25) is 5.91 Å². The lowest BCUT2D eigenvalue weighted by molar-refractivity contribution is -0.137. The number of amides is 2. The maximum atomic E-state index is 13.9. The second-order valence-corrected chi connectivity index (χ2v) is 6.66. The molecule has 1 aromatic carbocycles. The summed E-state index contributed by atoms with van der Waals surface area (Å²) < 4.78 is 66.2. The third kappa shape index (κ3) is 6.18. The highest BCUT2D eigenvalue weighted by Crippen LogP contribution is 2.31. The standard InChI is InChI=1S/C20H15F5N6O2/c21-13-2-1-10(14(22)4-13)7-28-17-5-15(19(33)29-9-16(26)32)30-18(31-17)11-3-12(8-27-6-11)20(23,24)25/h1-6,8H,7,9H2,(H2,26,32)(H,29,33)(H,28,30,31). The Kier molecular flexibility index (Phi) is 6.80. The van der Waals surface area contributed by atoms with E-state index in [1.165, 1.54) is 6.07 Å². The van der Waals surface area contributed by atoms with Gasteiger partial charge < -0.3 is 16.4 Å². The first-order valence-electron chi connectivity index (χ1n) is 9.19. The molecule has 3 rings (SSSR count). The van der Waals surface area contributed by atoms with Gasteiger partial charge >= 0.3 is 6.18 Å². The summed E-state index contributed by atoms with van der Waals surface area (Å²) in [5, 5.41) is 4.91. The summed E-state index contributed by atoms with van der Waals surface area (Å²) in [5.41, 5.74) is 3.54. The van der Waals surface area contributed by atoms with Crippen molar-refractivity contribution in [2.45, 2.75) is 12.7 Å². The number of rotatable bonds is 7. The van der Waals surface area contributed by atoms with Crippen molar-refractivity contribution in [1.29, 1.82) is 0 Å². The average molecular weight is 466 g/mol. The molecule has 0 saturated heterocycles. The van der Waals surface area contributed by atoms with Gasteiger partial charge in [-0.3, -0.25) is 14.6 Å². The van der Waals surface area contributed by atoms with Crippen molar-refractivity contribution in [2.75, 3.05) is 11.9 Å². The molecule has 33 heavy (non-hydrogen) atoms. The number of aromatic nitrogens is 3. The number of hydrogen-bond acceptors (Lipinski definition) is 6. The number of nitrogens with one attached hydrogen (secondary N) is 2. The topological polar surface area (TPSA) is 123 Å². The molecule has 4 N–H and O–H groups in total. The average Bonchev–Trinajstić information content (AvgIpc) is 2.76. The molecule has 0 unspecified atom stereocenters. The lowest BCUT2D eigenvalue weighted by Gasteiger charge is -2.12. The fourth-order valence-electron chi connectivity index (χ4n) is 2.61. The van der Waals surface area contributed by atoms with Gasteiger partial charge in [0.15, 0.2) is 5.82 Å². The van der Waals surface area contributed by atoms with Crippen LogP contribution in [0.3, 0.4) is 0 Å². The molecule has 0 aliphatic heterocycles. The van der Waals surface area contributed by atoms with Crippen LogP contribution >= 0.6 is 0 Å². The minimum atomic E-state index is -4.68. The molecular weight excluding hydrogens is 451 g/mol. The summed E-state index contributed by atoms with van der Waals surface area (Å²) in [7, 11) is 0. The van der Waals surface area contributed by atoms with Gasteiger partial charge in [0.1, 0.15) is 23.1 Å². The number of halogens is 5. The monoisotopic (exact) mass is 466 g/mol. The third-order valence-corrected chi connectivity index (χ3v) is 4.18. The van der Waals surface area contributed by atoms with Gasteiger partial charge in [-0.2, -0.15) is 13.2 Å². The van der Waals surface area contributed by atoms with Crippen molar-refractivity contribution >= 4 is 17.6 Å². The number of anilines is 1. The van der Waals surface area contributed by atoms with E-state index in [9.17, 15) is 31.5 Å². The molecule has 2 heterocycles. The van der Waals surface area contributed by atoms with Crippen LogP contribution in [0.5, 0.6) is 0 Å². The highest BCUT2D eigenvalue weighted by molar-refractivity contribution is 5.95. The highest BCUT2D eigenvalue weighted by Gasteiger charge is 2.31. The van der Waals surface area contributed by atoms with Crippen LogP contribution in [0.1, 0.15) is 21.6 Å². The Hall–Kier alpha value is -4.16. The quantitative estimate of drug-likeness (QED) is 0.460. The molecule has 0 fully saturated rings. The van der Waals surface area contributed by atoms with E-state index in [1.807, 2.05) is 0 Å². The zero-order chi connectivity index (χ0) is 24.2. The Bertz CT molecular complexity index is 1200. The van der Waals surface area contributed by atoms with Crippen molar-refractivity contribution in [1.82, 2.24) is 20.3 Å². The number of hydrogen-bond donors (Lipinski definition) is 3. The molecule has 13 heteroatoms. The van der Waals surface area contributed by atoms with Crippen LogP contribution in [0.4, 0.5) is 27.8 Å². The smallest absolute Gasteiger partial charge is 0.368 e. The zero-order valence-corrected chi connectivity index (χ0v) is 16.6. The Labute approximate surface area is 183 Å². The highest BCUT2D eigenvalue weighted by atomic mass is 19.4. The van der Waals surface area contributed by atoms with E-state index in [0.29, 0.717) is 12.3 Å². The van der Waals surface area contributed by atoms with Crippen LogP contribution in [0.15, 0.2) is 42.7 Å². The van der Waals surface area contributed by atoms with E-state index >= 15 is 0 Å². The molecule has 3 aromatic rings. The van der Waals surface area contributed by atoms with E-state index < -0.39 is 41.7 Å². The Morgan fingerprint density at radius 1 is 1.03 bits per heavy atom. The van der Waals surface area contributed by atoms with Gasteiger partial charge in [-0.25, -0.2) is 18.7 Å². The van der Waals surface area contributed by atoms with Crippen molar-refractivity contribution < 1.29 is 31.5 Å². The number of alkyl halides is 3. The number of benzene rings is 1. The normalized spacial score (nSPS) is 11.2. The summed E-state index contributed by atoms with van der Waals surface area (Å²) in [6.45, 7) is -0.696. The number of carbonyl (C=O) groups is 2. The van der Waals surface area contributed by atoms with Gasteiger partial charge in [-0.05, 0) is 12.1 Å². The fourth-order valence-corrected chi connectivity index (χ4v) is 2.61. The Morgan fingerprint density at radius 2 is 1.79 bits per heavy atom. The number of nitrogens with two attached hydrogens (primary N) is 1. The summed E-state index contributed by atoms with van der Waals surface area (Å²) >= 11 is 0. The summed E-state index contributed by atoms with van der Waals surface area (Å²) in [5.74, 6) is -3.63.